The van der Waals surface area contributed by atoms with E-state index in [4.69, 9.17) is 0 Å². The molecule has 1 aliphatic carbocycles. The Kier molecular flexibility index (Phi) is 2.71. The van der Waals surface area contributed by atoms with Crippen LogP contribution in [0, 0.1) is 0 Å². The molecule has 0 unspecified atom stereocenters. The number of fused-ring (bicyclic) bond motifs is 3. The highest BCUT2D eigenvalue weighted by molar-refractivity contribution is 5.93. The zero-order valence-corrected chi connectivity index (χ0v) is 10.9. The number of rotatable bonds is 2. The van der Waals surface area contributed by atoms with E-state index in [2.05, 4.69) is 18.5 Å². The Morgan fingerprint density at radius 3 is 2.74 bits per heavy atom. The summed E-state index contributed by atoms with van der Waals surface area (Å²) in [4.78, 5) is 15.2. The largest absolute Gasteiger partial charge is 0.321 e. The van der Waals surface area contributed by atoms with Crippen LogP contribution in [-0.4, -0.2) is 4.98 Å². The van der Waals surface area contributed by atoms with E-state index >= 15 is 0 Å². The number of hydrogen-bond acceptors (Lipinski definition) is 1. The summed E-state index contributed by atoms with van der Waals surface area (Å²) in [6, 6.07) is 7.78. The molecule has 19 heavy (non-hydrogen) atoms. The maximum Gasteiger partial charge on any atom is 0.256 e. The minimum atomic E-state index is -0.0199. The first-order valence-electron chi connectivity index (χ1n) is 6.35. The van der Waals surface area contributed by atoms with Crippen LogP contribution in [0.3, 0.4) is 0 Å². The number of allylic oxidation sites excluding steroid dienone is 5. The highest BCUT2D eigenvalue weighted by atomic mass is 16.1. The van der Waals surface area contributed by atoms with Crippen LogP contribution in [0.4, 0.5) is 0 Å². The third kappa shape index (κ3) is 1.76. The average molecular weight is 249 g/mol. The molecule has 1 N–H and O–H groups in total. The summed E-state index contributed by atoms with van der Waals surface area (Å²) < 4.78 is 0. The monoisotopic (exact) mass is 249 g/mol. The predicted octanol–water partition coefficient (Wildman–Crippen LogP) is 3.60. The first kappa shape index (κ1) is 11.7. The fourth-order valence-electron chi connectivity index (χ4n) is 2.71. The van der Waals surface area contributed by atoms with Gasteiger partial charge in [-0.3, -0.25) is 4.79 Å². The second kappa shape index (κ2) is 4.39. The first-order valence-corrected chi connectivity index (χ1v) is 6.35. The summed E-state index contributed by atoms with van der Waals surface area (Å²) in [5.74, 6) is 0. The normalized spacial score (nSPS) is 14.4. The standard InChI is InChI=1S/C17H15NO/c1-3-4-7-12-11(2)10-15-13-8-5-6-9-14(13)17(19)18-16(12)15/h3-9H,1,10H2,2H3,(H,18,19)/b7-4-. The van der Waals surface area contributed by atoms with E-state index in [-0.39, 0.29) is 5.56 Å². The molecule has 0 spiro atoms. The van der Waals surface area contributed by atoms with Crippen LogP contribution in [0.5, 0.6) is 0 Å². The second-order valence-electron chi connectivity index (χ2n) is 4.82. The van der Waals surface area contributed by atoms with E-state index in [0.717, 1.165) is 28.5 Å². The smallest absolute Gasteiger partial charge is 0.256 e. The van der Waals surface area contributed by atoms with Gasteiger partial charge in [0.1, 0.15) is 0 Å². The minimum absolute atomic E-state index is 0.0199. The van der Waals surface area contributed by atoms with Crippen molar-refractivity contribution in [1.29, 1.82) is 0 Å². The number of aromatic nitrogens is 1. The molecule has 0 fully saturated rings. The van der Waals surface area contributed by atoms with Crippen molar-refractivity contribution in [3.05, 3.63) is 76.3 Å². The number of nitrogens with one attached hydrogen (secondary N) is 1. The van der Waals surface area contributed by atoms with Crippen molar-refractivity contribution in [3.8, 4) is 0 Å². The summed E-state index contributed by atoms with van der Waals surface area (Å²) in [6.45, 7) is 5.80. The first-order chi connectivity index (χ1) is 9.22. The van der Waals surface area contributed by atoms with Gasteiger partial charge in [-0.05, 0) is 35.9 Å². The van der Waals surface area contributed by atoms with Crippen molar-refractivity contribution >= 4 is 16.3 Å². The van der Waals surface area contributed by atoms with Gasteiger partial charge in [-0.1, -0.05) is 48.6 Å². The SMILES string of the molecule is C=C/C=C\C1=C(C)Cc2c1[nH]c(=O)c1ccccc21. The van der Waals surface area contributed by atoms with Gasteiger partial charge >= 0.3 is 0 Å². The molecule has 0 radical (unpaired) electrons. The molecule has 2 nitrogen and oxygen atoms in total. The Balaban J connectivity index is 2.32. The molecule has 1 aromatic heterocycles. The zero-order chi connectivity index (χ0) is 13.4. The molecule has 1 aromatic carbocycles. The number of aromatic amines is 1. The van der Waals surface area contributed by atoms with Crippen molar-refractivity contribution < 1.29 is 0 Å². The van der Waals surface area contributed by atoms with Crippen molar-refractivity contribution in [2.75, 3.05) is 0 Å². The summed E-state index contributed by atoms with van der Waals surface area (Å²) in [7, 11) is 0. The molecule has 3 rings (SSSR count). The molecule has 2 aromatic rings. The lowest BCUT2D eigenvalue weighted by Gasteiger charge is -2.06. The molecule has 1 aliphatic rings. The number of benzene rings is 1. The van der Waals surface area contributed by atoms with Gasteiger partial charge in [0.25, 0.3) is 5.56 Å². The molecule has 1 heterocycles. The van der Waals surface area contributed by atoms with Gasteiger partial charge in [0.2, 0.25) is 0 Å². The van der Waals surface area contributed by atoms with Gasteiger partial charge in [0, 0.05) is 5.39 Å². The maximum atomic E-state index is 12.1. The summed E-state index contributed by atoms with van der Waals surface area (Å²) in [5, 5.41) is 1.82. The van der Waals surface area contributed by atoms with Gasteiger partial charge < -0.3 is 4.98 Å². The number of pyridine rings is 1. The lowest BCUT2D eigenvalue weighted by molar-refractivity contribution is 1.16. The molecule has 0 amide bonds. The number of hydrogen-bond donors (Lipinski definition) is 1. The molecule has 0 saturated carbocycles. The number of H-pyrrole nitrogens is 1. The third-order valence-electron chi connectivity index (χ3n) is 3.61. The molecule has 0 bridgehead atoms. The Labute approximate surface area is 111 Å². The van der Waals surface area contributed by atoms with Gasteiger partial charge in [0.15, 0.2) is 0 Å². The van der Waals surface area contributed by atoms with Gasteiger partial charge in [0.05, 0.1) is 5.69 Å². The molecule has 0 atom stereocenters. The van der Waals surface area contributed by atoms with Gasteiger partial charge in [-0.15, -0.1) is 0 Å². The van der Waals surface area contributed by atoms with Crippen molar-refractivity contribution in [2.24, 2.45) is 0 Å². The minimum Gasteiger partial charge on any atom is -0.321 e. The van der Waals surface area contributed by atoms with Crippen LogP contribution in [0.1, 0.15) is 18.2 Å². The van der Waals surface area contributed by atoms with Crippen LogP contribution in [0.15, 0.2) is 59.4 Å². The topological polar surface area (TPSA) is 32.9 Å². The van der Waals surface area contributed by atoms with E-state index < -0.39 is 0 Å². The summed E-state index contributed by atoms with van der Waals surface area (Å²) >= 11 is 0. The maximum absolute atomic E-state index is 12.1. The molecule has 0 saturated heterocycles. The highest BCUT2D eigenvalue weighted by Gasteiger charge is 2.21. The van der Waals surface area contributed by atoms with E-state index in [1.807, 2.05) is 36.4 Å². The van der Waals surface area contributed by atoms with Gasteiger partial charge in [-0.2, -0.15) is 0 Å². The van der Waals surface area contributed by atoms with Crippen LogP contribution in [-0.2, 0) is 6.42 Å². The Morgan fingerprint density at radius 1 is 1.26 bits per heavy atom. The van der Waals surface area contributed by atoms with E-state index in [1.165, 1.54) is 11.1 Å². The van der Waals surface area contributed by atoms with Crippen LogP contribution < -0.4 is 5.56 Å². The predicted molar refractivity (Wildman–Crippen MR) is 80.2 cm³/mol. The zero-order valence-electron chi connectivity index (χ0n) is 10.9. The fourth-order valence-corrected chi connectivity index (χ4v) is 2.71. The van der Waals surface area contributed by atoms with E-state index in [9.17, 15) is 4.79 Å². The average Bonchev–Trinajstić information content (AvgIpc) is 2.73. The van der Waals surface area contributed by atoms with Crippen LogP contribution in [0.25, 0.3) is 16.3 Å². The molecular formula is C17H15NO. The lowest BCUT2D eigenvalue weighted by atomic mass is 10.0. The Morgan fingerprint density at radius 2 is 2.00 bits per heavy atom. The fraction of sp³-hybridized carbons (Fsp3) is 0.118. The summed E-state index contributed by atoms with van der Waals surface area (Å²) in [6.07, 6.45) is 6.56. The highest BCUT2D eigenvalue weighted by Crippen LogP contribution is 2.35. The quantitative estimate of drug-likeness (QED) is 0.810. The lowest BCUT2D eigenvalue weighted by Crippen LogP contribution is -2.10. The Bertz CT molecular complexity index is 791. The molecular weight excluding hydrogens is 234 g/mol. The van der Waals surface area contributed by atoms with Crippen molar-refractivity contribution in [2.45, 2.75) is 13.3 Å². The van der Waals surface area contributed by atoms with E-state index in [1.54, 1.807) is 6.08 Å². The van der Waals surface area contributed by atoms with Crippen LogP contribution in [0.2, 0.25) is 0 Å². The third-order valence-corrected chi connectivity index (χ3v) is 3.61. The molecule has 2 heteroatoms. The van der Waals surface area contributed by atoms with Crippen LogP contribution >= 0.6 is 0 Å². The second-order valence-corrected chi connectivity index (χ2v) is 4.82. The van der Waals surface area contributed by atoms with Crippen molar-refractivity contribution in [1.82, 2.24) is 4.98 Å². The molecule has 94 valence electrons. The van der Waals surface area contributed by atoms with Crippen molar-refractivity contribution in [3.63, 3.8) is 0 Å². The Hall–Kier alpha value is -2.35. The van der Waals surface area contributed by atoms with Gasteiger partial charge in [-0.25, -0.2) is 0 Å². The summed E-state index contributed by atoms with van der Waals surface area (Å²) in [5.41, 5.74) is 4.54. The van der Waals surface area contributed by atoms with E-state index in [0.29, 0.717) is 0 Å². The molecule has 0 aliphatic heterocycles.